The van der Waals surface area contributed by atoms with E-state index in [0.29, 0.717) is 13.0 Å². The van der Waals surface area contributed by atoms with Crippen molar-refractivity contribution in [3.8, 4) is 0 Å². The Morgan fingerprint density at radius 1 is 1.39 bits per heavy atom. The summed E-state index contributed by atoms with van der Waals surface area (Å²) in [7, 11) is 3.02. The number of urea groups is 1. The summed E-state index contributed by atoms with van der Waals surface area (Å²) < 4.78 is 4.78. The molecular formula is C11H22N2O5. The molecule has 7 heteroatoms. The minimum Gasteiger partial charge on any atom is -0.480 e. The van der Waals surface area contributed by atoms with Crippen LogP contribution in [0.2, 0.25) is 0 Å². The average molecular weight is 262 g/mol. The van der Waals surface area contributed by atoms with Crippen LogP contribution in [0.25, 0.3) is 0 Å². The van der Waals surface area contributed by atoms with Crippen LogP contribution in [-0.4, -0.2) is 66.6 Å². The molecule has 0 aromatic carbocycles. The number of carboxylic acids is 1. The number of aliphatic carboxylic acids is 1. The number of methoxy groups -OCH3 is 1. The van der Waals surface area contributed by atoms with Crippen molar-refractivity contribution in [1.29, 1.82) is 0 Å². The van der Waals surface area contributed by atoms with Gasteiger partial charge >= 0.3 is 12.0 Å². The Kier molecular flexibility index (Phi) is 8.06. The number of nitrogens with zero attached hydrogens (tertiary/aromatic N) is 1. The number of rotatable bonds is 8. The molecule has 0 aliphatic heterocycles. The van der Waals surface area contributed by atoms with Crippen molar-refractivity contribution in [2.75, 3.05) is 27.3 Å². The third-order valence-corrected chi connectivity index (χ3v) is 2.44. The summed E-state index contributed by atoms with van der Waals surface area (Å²) in [6.07, 6.45) is 0.158. The number of carbonyl (C=O) groups excluding carboxylic acids is 1. The monoisotopic (exact) mass is 262 g/mol. The Bertz CT molecular complexity index is 270. The molecular weight excluding hydrogens is 240 g/mol. The van der Waals surface area contributed by atoms with Gasteiger partial charge in [0.25, 0.3) is 0 Å². The first kappa shape index (κ1) is 16.7. The van der Waals surface area contributed by atoms with E-state index < -0.39 is 24.1 Å². The van der Waals surface area contributed by atoms with Crippen LogP contribution in [0.4, 0.5) is 4.79 Å². The van der Waals surface area contributed by atoms with Crippen molar-refractivity contribution in [1.82, 2.24) is 10.2 Å². The highest BCUT2D eigenvalue weighted by molar-refractivity contribution is 5.82. The van der Waals surface area contributed by atoms with E-state index in [9.17, 15) is 9.59 Å². The second kappa shape index (κ2) is 8.71. The first-order chi connectivity index (χ1) is 8.38. The number of aliphatic hydroxyl groups excluding tert-OH is 1. The zero-order chi connectivity index (χ0) is 14.1. The number of carbonyl (C=O) groups is 2. The molecule has 0 spiro atoms. The molecule has 3 N–H and O–H groups in total. The lowest BCUT2D eigenvalue weighted by molar-refractivity contribution is -0.139. The fourth-order valence-corrected chi connectivity index (χ4v) is 1.23. The number of amides is 2. The highest BCUT2D eigenvalue weighted by Crippen LogP contribution is 1.98. The molecule has 2 atom stereocenters. The predicted octanol–water partition coefficient (Wildman–Crippen LogP) is -0.112. The third kappa shape index (κ3) is 7.08. The van der Waals surface area contributed by atoms with E-state index in [1.54, 1.807) is 14.0 Å². The number of carboxylic acid groups (broad SMARTS) is 1. The summed E-state index contributed by atoms with van der Waals surface area (Å²) in [5.74, 6) is -1.09. The van der Waals surface area contributed by atoms with Gasteiger partial charge in [-0.25, -0.2) is 9.59 Å². The number of hydrogen-bond donors (Lipinski definition) is 3. The first-order valence-electron chi connectivity index (χ1n) is 5.80. The van der Waals surface area contributed by atoms with Crippen molar-refractivity contribution in [2.24, 2.45) is 0 Å². The molecule has 0 fully saturated rings. The van der Waals surface area contributed by atoms with Crippen LogP contribution >= 0.6 is 0 Å². The summed E-state index contributed by atoms with van der Waals surface area (Å²) >= 11 is 0. The fraction of sp³-hybridized carbons (Fsp3) is 0.818. The van der Waals surface area contributed by atoms with Crippen LogP contribution in [0.5, 0.6) is 0 Å². The standard InChI is InChI=1S/C11H22N2O5/c1-8(14)4-6-13(2)11(17)12-9(10(15)16)5-7-18-3/h8-9,14H,4-7H2,1-3H3,(H,12,17)(H,15,16). The second-order valence-corrected chi connectivity index (χ2v) is 4.18. The first-order valence-corrected chi connectivity index (χ1v) is 5.80. The summed E-state index contributed by atoms with van der Waals surface area (Å²) in [5, 5.41) is 20.4. The molecule has 0 aliphatic rings. The third-order valence-electron chi connectivity index (χ3n) is 2.44. The quantitative estimate of drug-likeness (QED) is 0.567. The van der Waals surface area contributed by atoms with Crippen LogP contribution in [0.3, 0.4) is 0 Å². The Labute approximate surface area is 107 Å². The maximum absolute atomic E-state index is 11.7. The highest BCUT2D eigenvalue weighted by Gasteiger charge is 2.21. The van der Waals surface area contributed by atoms with Gasteiger partial charge < -0.3 is 25.2 Å². The Balaban J connectivity index is 4.18. The van der Waals surface area contributed by atoms with Gasteiger partial charge in [-0.1, -0.05) is 0 Å². The molecule has 0 saturated heterocycles. The number of aliphatic hydroxyl groups is 1. The molecule has 2 unspecified atom stereocenters. The summed E-state index contributed by atoms with van der Waals surface area (Å²) in [6, 6.07) is -1.44. The van der Waals surface area contributed by atoms with E-state index in [1.165, 1.54) is 12.0 Å². The molecule has 0 bridgehead atoms. The van der Waals surface area contributed by atoms with Crippen LogP contribution in [0.15, 0.2) is 0 Å². The highest BCUT2D eigenvalue weighted by atomic mass is 16.5. The molecule has 0 aromatic heterocycles. The van der Waals surface area contributed by atoms with Crippen LogP contribution in [-0.2, 0) is 9.53 Å². The molecule has 0 rings (SSSR count). The minimum atomic E-state index is -1.09. The molecule has 7 nitrogen and oxygen atoms in total. The summed E-state index contributed by atoms with van der Waals surface area (Å²) in [4.78, 5) is 23.9. The second-order valence-electron chi connectivity index (χ2n) is 4.18. The topological polar surface area (TPSA) is 99.1 Å². The van der Waals surface area contributed by atoms with E-state index in [0.717, 1.165) is 0 Å². The predicted molar refractivity (Wildman–Crippen MR) is 65.4 cm³/mol. The van der Waals surface area contributed by atoms with E-state index in [1.807, 2.05) is 0 Å². The number of hydrogen-bond acceptors (Lipinski definition) is 4. The molecule has 0 saturated carbocycles. The zero-order valence-corrected chi connectivity index (χ0v) is 11.0. The number of nitrogens with one attached hydrogen (secondary N) is 1. The molecule has 106 valence electrons. The van der Waals surface area contributed by atoms with Gasteiger partial charge in [0.2, 0.25) is 0 Å². The van der Waals surface area contributed by atoms with Gasteiger partial charge in [0.15, 0.2) is 0 Å². The van der Waals surface area contributed by atoms with E-state index in [-0.39, 0.29) is 13.0 Å². The fourth-order valence-electron chi connectivity index (χ4n) is 1.23. The van der Waals surface area contributed by atoms with Gasteiger partial charge in [-0.2, -0.15) is 0 Å². The van der Waals surface area contributed by atoms with E-state index >= 15 is 0 Å². The summed E-state index contributed by atoms with van der Waals surface area (Å²) in [6.45, 7) is 2.25. The van der Waals surface area contributed by atoms with Gasteiger partial charge in [0, 0.05) is 33.7 Å². The smallest absolute Gasteiger partial charge is 0.326 e. The lowest BCUT2D eigenvalue weighted by atomic mass is 10.2. The normalized spacial score (nSPS) is 13.8. The van der Waals surface area contributed by atoms with Crippen molar-refractivity contribution >= 4 is 12.0 Å². The Hall–Kier alpha value is -1.34. The van der Waals surface area contributed by atoms with E-state index in [2.05, 4.69) is 5.32 Å². The minimum absolute atomic E-state index is 0.210. The van der Waals surface area contributed by atoms with Crippen LogP contribution in [0.1, 0.15) is 19.8 Å². The van der Waals surface area contributed by atoms with Gasteiger partial charge in [-0.3, -0.25) is 0 Å². The van der Waals surface area contributed by atoms with Crippen LogP contribution < -0.4 is 5.32 Å². The molecule has 18 heavy (non-hydrogen) atoms. The lowest BCUT2D eigenvalue weighted by Gasteiger charge is -2.21. The Morgan fingerprint density at radius 2 is 2.00 bits per heavy atom. The molecule has 0 aromatic rings. The summed E-state index contributed by atoms with van der Waals surface area (Å²) in [5.41, 5.74) is 0. The maximum atomic E-state index is 11.7. The van der Waals surface area contributed by atoms with Gasteiger partial charge in [0.1, 0.15) is 6.04 Å². The van der Waals surface area contributed by atoms with Crippen molar-refractivity contribution < 1.29 is 24.5 Å². The van der Waals surface area contributed by atoms with Gasteiger partial charge in [-0.15, -0.1) is 0 Å². The van der Waals surface area contributed by atoms with Crippen molar-refractivity contribution in [3.05, 3.63) is 0 Å². The molecule has 2 amide bonds. The lowest BCUT2D eigenvalue weighted by Crippen LogP contribution is -2.47. The molecule has 0 aliphatic carbocycles. The average Bonchev–Trinajstić information content (AvgIpc) is 2.30. The van der Waals surface area contributed by atoms with Gasteiger partial charge in [0.05, 0.1) is 6.10 Å². The van der Waals surface area contributed by atoms with Crippen LogP contribution in [0, 0.1) is 0 Å². The molecule has 0 radical (unpaired) electrons. The van der Waals surface area contributed by atoms with Gasteiger partial charge in [-0.05, 0) is 13.3 Å². The molecule has 0 heterocycles. The van der Waals surface area contributed by atoms with Crippen molar-refractivity contribution in [3.63, 3.8) is 0 Å². The number of ether oxygens (including phenoxy) is 1. The van der Waals surface area contributed by atoms with E-state index in [4.69, 9.17) is 14.9 Å². The Morgan fingerprint density at radius 3 is 2.44 bits per heavy atom. The van der Waals surface area contributed by atoms with Crippen molar-refractivity contribution in [2.45, 2.75) is 31.9 Å². The maximum Gasteiger partial charge on any atom is 0.326 e. The largest absolute Gasteiger partial charge is 0.480 e. The zero-order valence-electron chi connectivity index (χ0n) is 11.0. The SMILES string of the molecule is COCCC(NC(=O)N(C)CCC(C)O)C(=O)O.